The second-order valence-electron chi connectivity index (χ2n) is 7.89. The number of fused-ring (bicyclic) bond motifs is 1. The number of imidazole rings is 1. The molecule has 0 radical (unpaired) electrons. The second kappa shape index (κ2) is 8.43. The Morgan fingerprint density at radius 2 is 1.87 bits per heavy atom. The topological polar surface area (TPSA) is 82.4 Å². The summed E-state index contributed by atoms with van der Waals surface area (Å²) in [7, 11) is 3.68. The lowest BCUT2D eigenvalue weighted by molar-refractivity contribution is 0.101. The van der Waals surface area contributed by atoms with Crippen LogP contribution >= 0.6 is 0 Å². The molecule has 2 aromatic carbocycles. The number of nitrogens with one attached hydrogen (secondary N) is 2. The summed E-state index contributed by atoms with van der Waals surface area (Å²) in [5.74, 6) is 0.384. The van der Waals surface area contributed by atoms with Gasteiger partial charge in [0, 0.05) is 50.6 Å². The van der Waals surface area contributed by atoms with Crippen LogP contribution in [0, 0.1) is 6.92 Å². The van der Waals surface area contributed by atoms with E-state index in [9.17, 15) is 9.90 Å². The highest BCUT2D eigenvalue weighted by atomic mass is 16.3. The van der Waals surface area contributed by atoms with E-state index in [1.54, 1.807) is 7.05 Å². The minimum absolute atomic E-state index is 0.189. The van der Waals surface area contributed by atoms with Crippen LogP contribution in [-0.4, -0.2) is 45.6 Å². The normalized spacial score (nSPS) is 13.7. The fraction of sp³-hybridized carbons (Fsp3) is 0.333. The number of carbonyl (C=O) groups is 1. The van der Waals surface area contributed by atoms with Gasteiger partial charge in [0.15, 0.2) is 5.82 Å². The molecule has 4 rings (SSSR count). The number of phenols is 1. The number of para-hydroxylation sites is 1. The van der Waals surface area contributed by atoms with E-state index >= 15 is 0 Å². The van der Waals surface area contributed by atoms with Crippen molar-refractivity contribution in [3.8, 4) is 16.9 Å². The van der Waals surface area contributed by atoms with Gasteiger partial charge in [-0.15, -0.1) is 0 Å². The molecule has 0 saturated carbocycles. The van der Waals surface area contributed by atoms with E-state index in [2.05, 4.69) is 27.4 Å². The van der Waals surface area contributed by atoms with Gasteiger partial charge in [-0.25, -0.2) is 4.98 Å². The van der Waals surface area contributed by atoms with Crippen molar-refractivity contribution in [3.05, 3.63) is 59.2 Å². The maximum atomic E-state index is 13.1. The van der Waals surface area contributed by atoms with Gasteiger partial charge in [-0.3, -0.25) is 9.69 Å². The van der Waals surface area contributed by atoms with Crippen LogP contribution in [-0.2, 0) is 20.0 Å². The molecular weight excluding hydrogens is 390 g/mol. The van der Waals surface area contributed by atoms with Gasteiger partial charge in [-0.2, -0.15) is 0 Å². The van der Waals surface area contributed by atoms with Crippen molar-refractivity contribution in [2.24, 2.45) is 7.05 Å². The Morgan fingerprint density at radius 3 is 2.58 bits per heavy atom. The summed E-state index contributed by atoms with van der Waals surface area (Å²) in [6, 6.07) is 11.3. The van der Waals surface area contributed by atoms with Crippen molar-refractivity contribution in [1.82, 2.24) is 14.5 Å². The maximum Gasteiger partial charge on any atom is 0.291 e. The summed E-state index contributed by atoms with van der Waals surface area (Å²) in [6.45, 7) is 6.83. The van der Waals surface area contributed by atoms with Crippen LogP contribution in [0.2, 0.25) is 0 Å². The molecule has 31 heavy (non-hydrogen) atoms. The Kier molecular flexibility index (Phi) is 5.69. The summed E-state index contributed by atoms with van der Waals surface area (Å²) < 4.78 is 1.92. The van der Waals surface area contributed by atoms with Crippen LogP contribution < -0.4 is 10.6 Å². The lowest BCUT2D eigenvalue weighted by atomic mass is 9.97. The Hall–Kier alpha value is -3.32. The summed E-state index contributed by atoms with van der Waals surface area (Å²) in [5.41, 5.74) is 5.95. The SMILES string of the molecule is CCN1CCc2c(nc(C(=O)Nc3cccc(-c4cccc(NC)c4O)c3C)n2C)C1. The van der Waals surface area contributed by atoms with Crippen molar-refractivity contribution >= 4 is 17.3 Å². The van der Waals surface area contributed by atoms with E-state index in [0.29, 0.717) is 22.8 Å². The van der Waals surface area contributed by atoms with Crippen molar-refractivity contribution in [1.29, 1.82) is 0 Å². The van der Waals surface area contributed by atoms with Crippen LogP contribution in [0.15, 0.2) is 36.4 Å². The highest BCUT2D eigenvalue weighted by Gasteiger charge is 2.25. The molecule has 0 bridgehead atoms. The third-order valence-electron chi connectivity index (χ3n) is 6.16. The first-order valence-corrected chi connectivity index (χ1v) is 10.6. The van der Waals surface area contributed by atoms with Crippen LogP contribution in [0.3, 0.4) is 0 Å². The average molecular weight is 420 g/mol. The molecule has 162 valence electrons. The number of rotatable bonds is 5. The number of hydrogen-bond acceptors (Lipinski definition) is 5. The Morgan fingerprint density at radius 1 is 1.16 bits per heavy atom. The number of nitrogens with zero attached hydrogens (tertiary/aromatic N) is 3. The first-order valence-electron chi connectivity index (χ1n) is 10.6. The number of amides is 1. The minimum atomic E-state index is -0.228. The number of anilines is 2. The van der Waals surface area contributed by atoms with Gasteiger partial charge < -0.3 is 20.3 Å². The van der Waals surface area contributed by atoms with Crippen molar-refractivity contribution < 1.29 is 9.90 Å². The van der Waals surface area contributed by atoms with E-state index in [1.165, 1.54) is 0 Å². The van der Waals surface area contributed by atoms with Crippen LogP contribution in [0.1, 0.15) is 34.5 Å². The molecular formula is C24H29N5O2. The van der Waals surface area contributed by atoms with Gasteiger partial charge in [-0.05, 0) is 36.7 Å². The summed E-state index contributed by atoms with van der Waals surface area (Å²) >= 11 is 0. The average Bonchev–Trinajstić information content (AvgIpc) is 3.11. The molecule has 3 aromatic rings. The maximum absolute atomic E-state index is 13.1. The lowest BCUT2D eigenvalue weighted by Crippen LogP contribution is -2.30. The van der Waals surface area contributed by atoms with Gasteiger partial charge in [0.1, 0.15) is 5.75 Å². The van der Waals surface area contributed by atoms with Gasteiger partial charge in [0.05, 0.1) is 11.4 Å². The van der Waals surface area contributed by atoms with E-state index < -0.39 is 0 Å². The molecule has 1 amide bonds. The number of likely N-dealkylation sites (N-methyl/N-ethyl adjacent to an activating group) is 1. The predicted octanol–water partition coefficient (Wildman–Crippen LogP) is 3.77. The van der Waals surface area contributed by atoms with E-state index in [0.717, 1.165) is 48.6 Å². The number of carbonyl (C=O) groups excluding carboxylic acids is 1. The molecule has 7 heteroatoms. The molecule has 1 aromatic heterocycles. The van der Waals surface area contributed by atoms with E-state index in [-0.39, 0.29) is 11.7 Å². The van der Waals surface area contributed by atoms with Crippen molar-refractivity contribution in [3.63, 3.8) is 0 Å². The van der Waals surface area contributed by atoms with Crippen molar-refractivity contribution in [2.75, 3.05) is 30.8 Å². The Bertz CT molecular complexity index is 1140. The molecule has 1 aliphatic rings. The summed E-state index contributed by atoms with van der Waals surface area (Å²) in [5, 5.41) is 16.6. The molecule has 7 nitrogen and oxygen atoms in total. The molecule has 0 aliphatic carbocycles. The highest BCUT2D eigenvalue weighted by molar-refractivity contribution is 6.03. The predicted molar refractivity (Wildman–Crippen MR) is 124 cm³/mol. The zero-order valence-electron chi connectivity index (χ0n) is 18.5. The zero-order chi connectivity index (χ0) is 22.1. The van der Waals surface area contributed by atoms with Gasteiger partial charge in [-0.1, -0.05) is 31.2 Å². The first kappa shape index (κ1) is 20.9. The highest BCUT2D eigenvalue weighted by Crippen LogP contribution is 2.38. The van der Waals surface area contributed by atoms with Gasteiger partial charge in [0.2, 0.25) is 0 Å². The molecule has 0 saturated heterocycles. The Balaban J connectivity index is 1.64. The van der Waals surface area contributed by atoms with Crippen LogP contribution in [0.5, 0.6) is 5.75 Å². The number of aromatic hydroxyl groups is 1. The third kappa shape index (κ3) is 3.77. The van der Waals surface area contributed by atoms with Crippen LogP contribution in [0.4, 0.5) is 11.4 Å². The standard InChI is InChI=1S/C24H29N5O2/c1-5-29-13-12-21-20(14-29)26-23(28(21)4)24(31)27-18-10-6-8-16(15(18)2)17-9-7-11-19(25-3)22(17)30/h6-11,25,30H,5,12-14H2,1-4H3,(H,27,31). The van der Waals surface area contributed by atoms with E-state index in [1.807, 2.05) is 54.9 Å². The first-order chi connectivity index (χ1) is 14.9. The molecule has 2 heterocycles. The summed E-state index contributed by atoms with van der Waals surface area (Å²) in [6.07, 6.45) is 0.898. The number of benzene rings is 2. The lowest BCUT2D eigenvalue weighted by Gasteiger charge is -2.24. The Labute approximate surface area is 182 Å². The van der Waals surface area contributed by atoms with Gasteiger partial charge >= 0.3 is 0 Å². The van der Waals surface area contributed by atoms with Crippen molar-refractivity contribution in [2.45, 2.75) is 26.8 Å². The fourth-order valence-corrected chi connectivity index (χ4v) is 4.26. The third-order valence-corrected chi connectivity index (χ3v) is 6.16. The van der Waals surface area contributed by atoms with Gasteiger partial charge in [0.25, 0.3) is 5.91 Å². The smallest absolute Gasteiger partial charge is 0.291 e. The molecule has 0 atom stereocenters. The fourth-order valence-electron chi connectivity index (χ4n) is 4.26. The molecule has 0 unspecified atom stereocenters. The number of hydrogen-bond donors (Lipinski definition) is 3. The number of aromatic nitrogens is 2. The van der Waals surface area contributed by atoms with Crippen LogP contribution in [0.25, 0.3) is 11.1 Å². The molecule has 0 spiro atoms. The van der Waals surface area contributed by atoms with E-state index in [4.69, 9.17) is 0 Å². The molecule has 1 aliphatic heterocycles. The zero-order valence-corrected chi connectivity index (χ0v) is 18.5. The second-order valence-corrected chi connectivity index (χ2v) is 7.89. The largest absolute Gasteiger partial charge is 0.505 e. The minimum Gasteiger partial charge on any atom is -0.505 e. The monoisotopic (exact) mass is 419 g/mol. The number of phenolic OH excluding ortho intramolecular Hbond substituents is 1. The molecule has 3 N–H and O–H groups in total. The summed E-state index contributed by atoms with van der Waals surface area (Å²) in [4.78, 5) is 20.1. The molecule has 0 fully saturated rings. The quantitative estimate of drug-likeness (QED) is 0.549.